The van der Waals surface area contributed by atoms with Gasteiger partial charge in [0.15, 0.2) is 0 Å². The van der Waals surface area contributed by atoms with Gasteiger partial charge in [0, 0.05) is 13.6 Å². The highest BCUT2D eigenvalue weighted by molar-refractivity contribution is 5.30. The standard InChI is InChI=1S/C13H23N3O2/c1-9-12(13(18-3)16(2)15-9)8-14-7-10-4-5-11(17)6-10/h10-11,14,17H,4-8H2,1-3H3. The first-order valence-electron chi connectivity index (χ1n) is 6.57. The molecule has 1 aromatic heterocycles. The lowest BCUT2D eigenvalue weighted by molar-refractivity contribution is 0.177. The second-order valence-electron chi connectivity index (χ2n) is 5.16. The zero-order valence-electron chi connectivity index (χ0n) is 11.4. The molecule has 0 aromatic carbocycles. The highest BCUT2D eigenvalue weighted by Gasteiger charge is 2.22. The molecule has 1 aromatic rings. The van der Waals surface area contributed by atoms with Crippen molar-refractivity contribution in [1.29, 1.82) is 0 Å². The van der Waals surface area contributed by atoms with Crippen molar-refractivity contribution in [3.05, 3.63) is 11.3 Å². The fourth-order valence-electron chi connectivity index (χ4n) is 2.77. The van der Waals surface area contributed by atoms with E-state index in [1.807, 2.05) is 14.0 Å². The molecule has 2 atom stereocenters. The van der Waals surface area contributed by atoms with Gasteiger partial charge in [-0.2, -0.15) is 5.10 Å². The number of hydrogen-bond donors (Lipinski definition) is 2. The third kappa shape index (κ3) is 2.84. The fourth-order valence-corrected chi connectivity index (χ4v) is 2.77. The molecule has 2 rings (SSSR count). The number of hydrogen-bond acceptors (Lipinski definition) is 4. The van der Waals surface area contributed by atoms with E-state index >= 15 is 0 Å². The Morgan fingerprint density at radius 2 is 2.28 bits per heavy atom. The van der Waals surface area contributed by atoms with Gasteiger partial charge in [0.25, 0.3) is 0 Å². The Hall–Kier alpha value is -1.07. The largest absolute Gasteiger partial charge is 0.481 e. The molecular weight excluding hydrogens is 230 g/mol. The molecule has 18 heavy (non-hydrogen) atoms. The van der Waals surface area contributed by atoms with E-state index in [1.165, 1.54) is 0 Å². The Balaban J connectivity index is 1.86. The van der Waals surface area contributed by atoms with Crippen LogP contribution in [0.25, 0.3) is 0 Å². The molecule has 2 N–H and O–H groups in total. The number of rotatable bonds is 5. The van der Waals surface area contributed by atoms with Gasteiger partial charge in [0.1, 0.15) is 0 Å². The van der Waals surface area contributed by atoms with Gasteiger partial charge in [0.2, 0.25) is 5.88 Å². The highest BCUT2D eigenvalue weighted by atomic mass is 16.5. The lowest BCUT2D eigenvalue weighted by atomic mass is 10.1. The first kappa shape index (κ1) is 13.4. The van der Waals surface area contributed by atoms with Crippen LogP contribution in [-0.4, -0.2) is 34.6 Å². The summed E-state index contributed by atoms with van der Waals surface area (Å²) in [6.45, 7) is 3.73. The van der Waals surface area contributed by atoms with Gasteiger partial charge in [-0.15, -0.1) is 0 Å². The molecule has 1 heterocycles. The predicted molar refractivity (Wildman–Crippen MR) is 69.6 cm³/mol. The Labute approximate surface area is 108 Å². The van der Waals surface area contributed by atoms with E-state index in [4.69, 9.17) is 4.74 Å². The summed E-state index contributed by atoms with van der Waals surface area (Å²) in [5.41, 5.74) is 2.13. The van der Waals surface area contributed by atoms with Gasteiger partial charge in [-0.05, 0) is 38.6 Å². The third-order valence-electron chi connectivity index (χ3n) is 3.73. The van der Waals surface area contributed by atoms with Crippen molar-refractivity contribution in [2.75, 3.05) is 13.7 Å². The number of aryl methyl sites for hydroxylation is 2. The van der Waals surface area contributed by atoms with Gasteiger partial charge < -0.3 is 15.2 Å². The van der Waals surface area contributed by atoms with Crippen molar-refractivity contribution in [3.8, 4) is 5.88 Å². The van der Waals surface area contributed by atoms with Crippen LogP contribution in [0, 0.1) is 12.8 Å². The molecule has 1 saturated carbocycles. The van der Waals surface area contributed by atoms with Crippen LogP contribution in [0.4, 0.5) is 0 Å². The second kappa shape index (κ2) is 5.71. The molecule has 5 nitrogen and oxygen atoms in total. The summed E-state index contributed by atoms with van der Waals surface area (Å²) in [7, 11) is 3.57. The first-order valence-corrected chi connectivity index (χ1v) is 6.57. The number of methoxy groups -OCH3 is 1. The molecule has 2 unspecified atom stereocenters. The van der Waals surface area contributed by atoms with Crippen molar-refractivity contribution in [2.45, 2.75) is 38.8 Å². The Morgan fingerprint density at radius 3 is 2.89 bits per heavy atom. The molecule has 5 heteroatoms. The summed E-state index contributed by atoms with van der Waals surface area (Å²) in [5, 5.41) is 17.3. The summed E-state index contributed by atoms with van der Waals surface area (Å²) in [5.74, 6) is 1.43. The minimum absolute atomic E-state index is 0.0912. The van der Waals surface area contributed by atoms with Crippen LogP contribution >= 0.6 is 0 Å². The molecule has 0 spiro atoms. The number of nitrogens with one attached hydrogen (secondary N) is 1. The maximum atomic E-state index is 9.48. The SMILES string of the molecule is COc1c(CNCC2CCC(O)C2)c(C)nn1C. The molecule has 0 saturated heterocycles. The van der Waals surface area contributed by atoms with Crippen LogP contribution in [0.15, 0.2) is 0 Å². The maximum Gasteiger partial charge on any atom is 0.216 e. The maximum absolute atomic E-state index is 9.48. The number of nitrogens with zero attached hydrogens (tertiary/aromatic N) is 2. The van der Waals surface area contributed by atoms with Crippen LogP contribution < -0.4 is 10.1 Å². The second-order valence-corrected chi connectivity index (χ2v) is 5.16. The number of aromatic nitrogens is 2. The summed E-state index contributed by atoms with van der Waals surface area (Å²) in [6, 6.07) is 0. The van der Waals surface area contributed by atoms with E-state index in [1.54, 1.807) is 11.8 Å². The summed E-state index contributed by atoms with van der Waals surface area (Å²) in [6.07, 6.45) is 2.90. The Bertz CT molecular complexity index is 403. The minimum atomic E-state index is -0.0912. The van der Waals surface area contributed by atoms with Crippen molar-refractivity contribution in [1.82, 2.24) is 15.1 Å². The molecule has 0 bridgehead atoms. The van der Waals surface area contributed by atoms with E-state index < -0.39 is 0 Å². The first-order chi connectivity index (χ1) is 8.61. The van der Waals surface area contributed by atoms with E-state index in [-0.39, 0.29) is 6.10 Å². The fraction of sp³-hybridized carbons (Fsp3) is 0.769. The molecule has 1 aliphatic rings. The van der Waals surface area contributed by atoms with Crippen molar-refractivity contribution >= 4 is 0 Å². The van der Waals surface area contributed by atoms with Crippen LogP contribution in [0.5, 0.6) is 5.88 Å². The monoisotopic (exact) mass is 253 g/mol. The Morgan fingerprint density at radius 1 is 1.50 bits per heavy atom. The molecule has 102 valence electrons. The van der Waals surface area contributed by atoms with Crippen LogP contribution in [0.2, 0.25) is 0 Å². The average Bonchev–Trinajstić information content (AvgIpc) is 2.84. The van der Waals surface area contributed by atoms with E-state index in [0.29, 0.717) is 5.92 Å². The lowest BCUT2D eigenvalue weighted by Gasteiger charge is -2.11. The molecular formula is C13H23N3O2. The van der Waals surface area contributed by atoms with Crippen molar-refractivity contribution in [2.24, 2.45) is 13.0 Å². The normalized spacial score (nSPS) is 23.6. The lowest BCUT2D eigenvalue weighted by Crippen LogP contribution is -2.21. The molecule has 1 fully saturated rings. The quantitative estimate of drug-likeness (QED) is 0.821. The van der Waals surface area contributed by atoms with Gasteiger partial charge in [-0.25, -0.2) is 4.68 Å². The zero-order valence-corrected chi connectivity index (χ0v) is 11.4. The molecule has 0 radical (unpaired) electrons. The average molecular weight is 253 g/mol. The van der Waals surface area contributed by atoms with E-state index in [9.17, 15) is 5.11 Å². The van der Waals surface area contributed by atoms with Gasteiger partial charge in [-0.3, -0.25) is 0 Å². The smallest absolute Gasteiger partial charge is 0.216 e. The summed E-state index contributed by atoms with van der Waals surface area (Å²) < 4.78 is 7.13. The molecule has 1 aliphatic carbocycles. The topological polar surface area (TPSA) is 59.3 Å². The van der Waals surface area contributed by atoms with Crippen LogP contribution in [0.1, 0.15) is 30.5 Å². The van der Waals surface area contributed by atoms with E-state index in [2.05, 4.69) is 10.4 Å². The number of aliphatic hydroxyl groups excluding tert-OH is 1. The third-order valence-corrected chi connectivity index (χ3v) is 3.73. The highest BCUT2D eigenvalue weighted by Crippen LogP contribution is 2.25. The number of aliphatic hydroxyl groups is 1. The van der Waals surface area contributed by atoms with Crippen molar-refractivity contribution in [3.63, 3.8) is 0 Å². The van der Waals surface area contributed by atoms with Crippen LogP contribution in [-0.2, 0) is 13.6 Å². The van der Waals surface area contributed by atoms with Gasteiger partial charge in [-0.1, -0.05) is 0 Å². The Kier molecular flexibility index (Phi) is 4.24. The summed E-state index contributed by atoms with van der Waals surface area (Å²) >= 11 is 0. The van der Waals surface area contributed by atoms with E-state index in [0.717, 1.165) is 49.5 Å². The predicted octanol–water partition coefficient (Wildman–Crippen LogP) is 0.988. The molecule has 0 amide bonds. The minimum Gasteiger partial charge on any atom is -0.481 e. The van der Waals surface area contributed by atoms with Gasteiger partial charge in [0.05, 0.1) is 24.5 Å². The number of ether oxygens (including phenoxy) is 1. The summed E-state index contributed by atoms with van der Waals surface area (Å²) in [4.78, 5) is 0. The van der Waals surface area contributed by atoms with Crippen LogP contribution in [0.3, 0.4) is 0 Å². The molecule has 0 aliphatic heterocycles. The van der Waals surface area contributed by atoms with Gasteiger partial charge >= 0.3 is 0 Å². The van der Waals surface area contributed by atoms with Crippen molar-refractivity contribution < 1.29 is 9.84 Å². The zero-order chi connectivity index (χ0) is 13.1.